The van der Waals surface area contributed by atoms with Gasteiger partial charge in [0.1, 0.15) is 11.4 Å². The number of nitrogens with zero attached hydrogens (tertiary/aromatic N) is 2. The van der Waals surface area contributed by atoms with E-state index in [1.54, 1.807) is 14.0 Å². The summed E-state index contributed by atoms with van der Waals surface area (Å²) in [5.41, 5.74) is 1.40. The van der Waals surface area contributed by atoms with Gasteiger partial charge in [0.2, 0.25) is 0 Å². The van der Waals surface area contributed by atoms with E-state index in [2.05, 4.69) is 24.3 Å². The van der Waals surface area contributed by atoms with Gasteiger partial charge < -0.3 is 14.6 Å². The molecule has 0 fully saturated rings. The van der Waals surface area contributed by atoms with Gasteiger partial charge in [0.05, 0.1) is 12.6 Å². The fourth-order valence-corrected chi connectivity index (χ4v) is 1.89. The van der Waals surface area contributed by atoms with Gasteiger partial charge in [0, 0.05) is 13.7 Å². The topological polar surface area (TPSA) is 67.6 Å². The molecule has 1 atom stereocenters. The van der Waals surface area contributed by atoms with E-state index in [-0.39, 0.29) is 12.1 Å². The first kappa shape index (κ1) is 16.5. The summed E-state index contributed by atoms with van der Waals surface area (Å²) in [6.45, 7) is 10.9. The Morgan fingerprint density at radius 3 is 2.50 bits per heavy atom. The number of carbonyl (C=O) groups is 1. The average Bonchev–Trinajstić information content (AvgIpc) is 2.67. The molecule has 20 heavy (non-hydrogen) atoms. The molecule has 2 amide bonds. The molecule has 114 valence electrons. The van der Waals surface area contributed by atoms with Crippen molar-refractivity contribution in [3.8, 4) is 0 Å². The van der Waals surface area contributed by atoms with Gasteiger partial charge in [-0.2, -0.15) is 0 Å². The van der Waals surface area contributed by atoms with Gasteiger partial charge >= 0.3 is 6.03 Å². The Morgan fingerprint density at radius 2 is 2.00 bits per heavy atom. The molecule has 0 aliphatic heterocycles. The molecule has 0 aromatic carbocycles. The normalized spacial score (nSPS) is 12.6. The van der Waals surface area contributed by atoms with E-state index in [1.165, 1.54) is 4.90 Å². The molecule has 1 aromatic rings. The van der Waals surface area contributed by atoms with E-state index < -0.39 is 0 Å². The molecule has 0 aliphatic rings. The SMILES string of the molecule is Cc1noc(C)c1N(C)C(=O)N[C@@H](C)COCC(C)C. The van der Waals surface area contributed by atoms with Crippen molar-refractivity contribution >= 4 is 11.7 Å². The van der Waals surface area contributed by atoms with Crippen LogP contribution in [0.4, 0.5) is 10.5 Å². The van der Waals surface area contributed by atoms with E-state index in [9.17, 15) is 4.79 Å². The average molecular weight is 283 g/mol. The molecule has 0 unspecified atom stereocenters. The minimum absolute atomic E-state index is 0.0517. The summed E-state index contributed by atoms with van der Waals surface area (Å²) in [6.07, 6.45) is 0. The van der Waals surface area contributed by atoms with Crippen molar-refractivity contribution in [3.05, 3.63) is 11.5 Å². The number of anilines is 1. The molecular formula is C14H25N3O3. The minimum atomic E-state index is -0.194. The highest BCUT2D eigenvalue weighted by molar-refractivity contribution is 5.92. The Bertz CT molecular complexity index is 423. The molecule has 0 aliphatic carbocycles. The second kappa shape index (κ2) is 7.28. The molecular weight excluding hydrogens is 258 g/mol. The van der Waals surface area contributed by atoms with Crippen LogP contribution in [-0.4, -0.2) is 37.5 Å². The Labute approximate surface area is 120 Å². The molecule has 1 heterocycles. The van der Waals surface area contributed by atoms with E-state index >= 15 is 0 Å². The largest absolute Gasteiger partial charge is 0.379 e. The van der Waals surface area contributed by atoms with Crippen LogP contribution in [0, 0.1) is 19.8 Å². The van der Waals surface area contributed by atoms with Crippen LogP contribution >= 0.6 is 0 Å². The summed E-state index contributed by atoms with van der Waals surface area (Å²) >= 11 is 0. The molecule has 6 heteroatoms. The minimum Gasteiger partial charge on any atom is -0.379 e. The summed E-state index contributed by atoms with van der Waals surface area (Å²) in [7, 11) is 1.70. The smallest absolute Gasteiger partial charge is 0.322 e. The van der Waals surface area contributed by atoms with Gasteiger partial charge in [-0.25, -0.2) is 4.79 Å². The van der Waals surface area contributed by atoms with Crippen LogP contribution < -0.4 is 10.2 Å². The van der Waals surface area contributed by atoms with Gasteiger partial charge in [0.15, 0.2) is 5.76 Å². The van der Waals surface area contributed by atoms with Crippen LogP contribution in [0.5, 0.6) is 0 Å². The summed E-state index contributed by atoms with van der Waals surface area (Å²) in [5.74, 6) is 1.12. The number of aryl methyl sites for hydroxylation is 2. The monoisotopic (exact) mass is 283 g/mol. The summed E-state index contributed by atoms with van der Waals surface area (Å²) < 4.78 is 10.6. The molecule has 0 saturated heterocycles. The van der Waals surface area contributed by atoms with Crippen molar-refractivity contribution in [1.82, 2.24) is 10.5 Å². The number of urea groups is 1. The molecule has 1 rings (SSSR count). The van der Waals surface area contributed by atoms with Gasteiger partial charge in [-0.1, -0.05) is 19.0 Å². The predicted molar refractivity (Wildman–Crippen MR) is 78.0 cm³/mol. The number of hydrogen-bond donors (Lipinski definition) is 1. The van der Waals surface area contributed by atoms with E-state index in [0.29, 0.717) is 36.3 Å². The lowest BCUT2D eigenvalue weighted by Crippen LogP contribution is -2.44. The zero-order chi connectivity index (χ0) is 15.3. The first-order valence-corrected chi connectivity index (χ1v) is 6.87. The molecule has 0 saturated carbocycles. The zero-order valence-electron chi connectivity index (χ0n) is 13.2. The predicted octanol–water partition coefficient (Wildman–Crippen LogP) is 2.50. The molecule has 0 bridgehead atoms. The molecule has 1 N–H and O–H groups in total. The Balaban J connectivity index is 2.50. The lowest BCUT2D eigenvalue weighted by molar-refractivity contribution is 0.0957. The maximum atomic E-state index is 12.1. The third kappa shape index (κ3) is 4.52. The van der Waals surface area contributed by atoms with Crippen molar-refractivity contribution in [2.45, 2.75) is 40.7 Å². The Hall–Kier alpha value is -1.56. The van der Waals surface area contributed by atoms with Crippen molar-refractivity contribution in [2.75, 3.05) is 25.2 Å². The fourth-order valence-electron chi connectivity index (χ4n) is 1.89. The molecule has 6 nitrogen and oxygen atoms in total. The first-order chi connectivity index (χ1) is 9.32. The number of carbonyl (C=O) groups excluding carboxylic acids is 1. The van der Waals surface area contributed by atoms with E-state index in [0.717, 1.165) is 0 Å². The standard InChI is InChI=1S/C14H25N3O3/c1-9(2)7-19-8-10(3)15-14(18)17(6)13-11(4)16-20-12(13)5/h9-10H,7-8H2,1-6H3,(H,15,18)/t10-/m0/s1. The third-order valence-corrected chi connectivity index (χ3v) is 2.82. The second-order valence-electron chi connectivity index (χ2n) is 5.51. The lowest BCUT2D eigenvalue weighted by atomic mass is 10.2. The van der Waals surface area contributed by atoms with Crippen molar-refractivity contribution in [2.24, 2.45) is 5.92 Å². The lowest BCUT2D eigenvalue weighted by Gasteiger charge is -2.21. The quantitative estimate of drug-likeness (QED) is 0.871. The van der Waals surface area contributed by atoms with Crippen LogP contribution in [0.25, 0.3) is 0 Å². The highest BCUT2D eigenvalue weighted by atomic mass is 16.5. The summed E-state index contributed by atoms with van der Waals surface area (Å²) in [6, 6.07) is -0.246. The van der Waals surface area contributed by atoms with Crippen LogP contribution in [0.1, 0.15) is 32.2 Å². The Kier molecular flexibility index (Phi) is 6.01. The maximum absolute atomic E-state index is 12.1. The van der Waals surface area contributed by atoms with Crippen molar-refractivity contribution in [3.63, 3.8) is 0 Å². The van der Waals surface area contributed by atoms with Gasteiger partial charge in [-0.15, -0.1) is 0 Å². The van der Waals surface area contributed by atoms with E-state index in [4.69, 9.17) is 9.26 Å². The van der Waals surface area contributed by atoms with Crippen LogP contribution in [0.3, 0.4) is 0 Å². The summed E-state index contributed by atoms with van der Waals surface area (Å²) in [4.78, 5) is 13.7. The summed E-state index contributed by atoms with van der Waals surface area (Å²) in [5, 5.41) is 6.74. The number of hydrogen-bond acceptors (Lipinski definition) is 4. The van der Waals surface area contributed by atoms with Gasteiger partial charge in [-0.05, 0) is 26.7 Å². The van der Waals surface area contributed by atoms with Crippen LogP contribution in [0.15, 0.2) is 4.52 Å². The highest BCUT2D eigenvalue weighted by Crippen LogP contribution is 2.22. The first-order valence-electron chi connectivity index (χ1n) is 6.87. The van der Waals surface area contributed by atoms with Gasteiger partial charge in [-0.3, -0.25) is 4.90 Å². The fraction of sp³-hybridized carbons (Fsp3) is 0.714. The third-order valence-electron chi connectivity index (χ3n) is 2.82. The zero-order valence-corrected chi connectivity index (χ0v) is 13.2. The number of ether oxygens (including phenoxy) is 1. The number of rotatable bonds is 6. The molecule has 0 spiro atoms. The molecule has 1 aromatic heterocycles. The number of nitrogens with one attached hydrogen (secondary N) is 1. The van der Waals surface area contributed by atoms with Crippen LogP contribution in [-0.2, 0) is 4.74 Å². The number of aromatic nitrogens is 1. The Morgan fingerprint density at radius 1 is 1.35 bits per heavy atom. The van der Waals surface area contributed by atoms with Crippen molar-refractivity contribution in [1.29, 1.82) is 0 Å². The van der Waals surface area contributed by atoms with E-state index in [1.807, 2.05) is 13.8 Å². The highest BCUT2D eigenvalue weighted by Gasteiger charge is 2.20. The molecule has 0 radical (unpaired) electrons. The number of amides is 2. The van der Waals surface area contributed by atoms with Crippen molar-refractivity contribution < 1.29 is 14.1 Å². The second-order valence-corrected chi connectivity index (χ2v) is 5.51. The van der Waals surface area contributed by atoms with Gasteiger partial charge in [0.25, 0.3) is 0 Å². The van der Waals surface area contributed by atoms with Crippen LogP contribution in [0.2, 0.25) is 0 Å². The maximum Gasteiger partial charge on any atom is 0.322 e.